The lowest BCUT2D eigenvalue weighted by Crippen LogP contribution is -2.52. The Morgan fingerprint density at radius 3 is 2.14 bits per heavy atom. The van der Waals surface area contributed by atoms with Gasteiger partial charge in [-0.15, -0.1) is 13.2 Å². The van der Waals surface area contributed by atoms with Crippen molar-refractivity contribution in [1.82, 2.24) is 5.32 Å². The normalized spacial score (nSPS) is 12.1. The molecule has 0 fully saturated rings. The first kappa shape index (κ1) is 17.3. The molecule has 0 aliphatic rings. The topological polar surface area (TPSA) is 64.4 Å². The Labute approximate surface area is 121 Å². The second kappa shape index (κ2) is 6.80. The molecule has 1 rings (SSSR count). The monoisotopic (exact) mass is 304 g/mol. The van der Waals surface area contributed by atoms with Crippen LogP contribution in [0.1, 0.15) is 32.3 Å². The van der Waals surface area contributed by atoms with Gasteiger partial charge in [-0.05, 0) is 30.5 Å². The molecular weight excluding hydrogens is 285 g/mol. The number of benzene rings is 1. The molecule has 0 radical (unpaired) electrons. The fourth-order valence-electron chi connectivity index (χ4n) is 1.74. The van der Waals surface area contributed by atoms with Gasteiger partial charge in [0, 0.05) is 6.54 Å². The first-order chi connectivity index (χ1) is 9.70. The third-order valence-electron chi connectivity index (χ3n) is 3.32. The Hall–Kier alpha value is -1.76. The van der Waals surface area contributed by atoms with Gasteiger partial charge in [0.05, 0.1) is 5.54 Å². The summed E-state index contributed by atoms with van der Waals surface area (Å²) < 4.78 is 39.8. The van der Waals surface area contributed by atoms with Gasteiger partial charge in [0.15, 0.2) is 0 Å². The van der Waals surface area contributed by atoms with Crippen LogP contribution in [0.15, 0.2) is 24.3 Å². The molecule has 3 N–H and O–H groups in total. The van der Waals surface area contributed by atoms with Crippen molar-refractivity contribution in [3.8, 4) is 5.75 Å². The number of alkyl halides is 3. The standard InChI is InChI=1S/C14H19F3N2O2/c1-3-13(18,4-2)12(20)19-9-10-5-7-11(8-6-10)21-14(15,16)17/h5-8H,3-4,9,18H2,1-2H3,(H,19,20). The molecule has 1 amide bonds. The maximum absolute atomic E-state index is 12.0. The molecule has 4 nitrogen and oxygen atoms in total. The van der Waals surface area contributed by atoms with E-state index < -0.39 is 11.9 Å². The van der Waals surface area contributed by atoms with Gasteiger partial charge in [0.2, 0.25) is 5.91 Å². The summed E-state index contributed by atoms with van der Waals surface area (Å²) in [6.45, 7) is 3.85. The van der Waals surface area contributed by atoms with Gasteiger partial charge in [0.25, 0.3) is 0 Å². The Kier molecular flexibility index (Phi) is 5.60. The van der Waals surface area contributed by atoms with E-state index in [9.17, 15) is 18.0 Å². The lowest BCUT2D eigenvalue weighted by atomic mass is 9.93. The highest BCUT2D eigenvalue weighted by Gasteiger charge is 2.31. The second-order valence-corrected chi connectivity index (χ2v) is 4.74. The molecule has 1 aromatic carbocycles. The zero-order chi connectivity index (χ0) is 16.1. The van der Waals surface area contributed by atoms with Crippen LogP contribution < -0.4 is 15.8 Å². The van der Waals surface area contributed by atoms with Crippen LogP contribution in [0.3, 0.4) is 0 Å². The molecule has 0 aliphatic carbocycles. The largest absolute Gasteiger partial charge is 0.573 e. The number of carbonyl (C=O) groups excluding carboxylic acids is 1. The summed E-state index contributed by atoms with van der Waals surface area (Å²) in [5.41, 5.74) is 5.68. The number of rotatable bonds is 6. The molecule has 0 saturated carbocycles. The van der Waals surface area contributed by atoms with Crippen LogP contribution in [0.4, 0.5) is 13.2 Å². The Morgan fingerprint density at radius 2 is 1.71 bits per heavy atom. The van der Waals surface area contributed by atoms with Crippen LogP contribution in [0, 0.1) is 0 Å². The van der Waals surface area contributed by atoms with E-state index in [-0.39, 0.29) is 18.2 Å². The number of carbonyl (C=O) groups is 1. The fourth-order valence-corrected chi connectivity index (χ4v) is 1.74. The Balaban J connectivity index is 2.59. The summed E-state index contributed by atoms with van der Waals surface area (Å²) in [7, 11) is 0. The summed E-state index contributed by atoms with van der Waals surface area (Å²) in [6, 6.07) is 5.31. The molecular formula is C14H19F3N2O2. The summed E-state index contributed by atoms with van der Waals surface area (Å²) >= 11 is 0. The van der Waals surface area contributed by atoms with Crippen molar-refractivity contribution in [3.63, 3.8) is 0 Å². The van der Waals surface area contributed by atoms with Crippen molar-refractivity contribution in [3.05, 3.63) is 29.8 Å². The van der Waals surface area contributed by atoms with Crippen molar-refractivity contribution in [1.29, 1.82) is 0 Å². The van der Waals surface area contributed by atoms with E-state index in [0.717, 1.165) is 0 Å². The number of nitrogens with one attached hydrogen (secondary N) is 1. The zero-order valence-corrected chi connectivity index (χ0v) is 12.0. The lowest BCUT2D eigenvalue weighted by molar-refractivity contribution is -0.274. The highest BCUT2D eigenvalue weighted by Crippen LogP contribution is 2.22. The van der Waals surface area contributed by atoms with E-state index in [1.807, 2.05) is 13.8 Å². The maximum Gasteiger partial charge on any atom is 0.573 e. The number of nitrogens with two attached hydrogens (primary N) is 1. The van der Waals surface area contributed by atoms with E-state index in [1.165, 1.54) is 24.3 Å². The summed E-state index contributed by atoms with van der Waals surface area (Å²) in [5.74, 6) is -0.573. The SMILES string of the molecule is CCC(N)(CC)C(=O)NCc1ccc(OC(F)(F)F)cc1. The van der Waals surface area contributed by atoms with Gasteiger partial charge in [-0.25, -0.2) is 0 Å². The molecule has 0 bridgehead atoms. The number of hydrogen-bond acceptors (Lipinski definition) is 3. The molecule has 0 saturated heterocycles. The predicted octanol–water partition coefficient (Wildman–Crippen LogP) is 2.72. The maximum atomic E-state index is 12.0. The van der Waals surface area contributed by atoms with Crippen molar-refractivity contribution in [2.45, 2.75) is 45.1 Å². The number of hydrogen-bond donors (Lipinski definition) is 2. The van der Waals surface area contributed by atoms with Crippen LogP contribution in [-0.2, 0) is 11.3 Å². The first-order valence-corrected chi connectivity index (χ1v) is 6.62. The van der Waals surface area contributed by atoms with Crippen LogP contribution in [0.2, 0.25) is 0 Å². The van der Waals surface area contributed by atoms with Crippen molar-refractivity contribution in [2.24, 2.45) is 5.73 Å². The van der Waals surface area contributed by atoms with E-state index in [0.29, 0.717) is 18.4 Å². The quantitative estimate of drug-likeness (QED) is 0.849. The molecule has 0 aromatic heterocycles. The van der Waals surface area contributed by atoms with Crippen molar-refractivity contribution >= 4 is 5.91 Å². The van der Waals surface area contributed by atoms with E-state index >= 15 is 0 Å². The number of amides is 1. The third kappa shape index (κ3) is 5.26. The van der Waals surface area contributed by atoms with Gasteiger partial charge < -0.3 is 15.8 Å². The van der Waals surface area contributed by atoms with Crippen LogP contribution in [0.5, 0.6) is 5.75 Å². The fraction of sp³-hybridized carbons (Fsp3) is 0.500. The average molecular weight is 304 g/mol. The third-order valence-corrected chi connectivity index (χ3v) is 3.32. The number of ether oxygens (including phenoxy) is 1. The molecule has 0 spiro atoms. The number of halogens is 3. The highest BCUT2D eigenvalue weighted by molar-refractivity contribution is 5.85. The summed E-state index contributed by atoms with van der Waals surface area (Å²) in [4.78, 5) is 11.9. The van der Waals surface area contributed by atoms with Crippen LogP contribution in [-0.4, -0.2) is 17.8 Å². The van der Waals surface area contributed by atoms with E-state index in [2.05, 4.69) is 10.1 Å². The van der Waals surface area contributed by atoms with Gasteiger partial charge in [-0.3, -0.25) is 4.79 Å². The lowest BCUT2D eigenvalue weighted by Gasteiger charge is -2.25. The second-order valence-electron chi connectivity index (χ2n) is 4.74. The average Bonchev–Trinajstić information content (AvgIpc) is 2.43. The molecule has 0 atom stereocenters. The van der Waals surface area contributed by atoms with Gasteiger partial charge in [-0.2, -0.15) is 0 Å². The van der Waals surface area contributed by atoms with E-state index in [1.54, 1.807) is 0 Å². The summed E-state index contributed by atoms with van der Waals surface area (Å²) in [5, 5.41) is 2.68. The molecule has 7 heteroatoms. The molecule has 1 aromatic rings. The minimum Gasteiger partial charge on any atom is -0.406 e. The van der Waals surface area contributed by atoms with Crippen LogP contribution >= 0.6 is 0 Å². The molecule has 21 heavy (non-hydrogen) atoms. The Bertz CT molecular complexity index is 468. The first-order valence-electron chi connectivity index (χ1n) is 6.62. The van der Waals surface area contributed by atoms with Crippen LogP contribution in [0.25, 0.3) is 0 Å². The van der Waals surface area contributed by atoms with Crippen molar-refractivity contribution < 1.29 is 22.7 Å². The van der Waals surface area contributed by atoms with Gasteiger partial charge in [-0.1, -0.05) is 26.0 Å². The summed E-state index contributed by atoms with van der Waals surface area (Å²) in [6.07, 6.45) is -3.70. The molecule has 0 heterocycles. The molecule has 0 unspecified atom stereocenters. The minimum atomic E-state index is -4.71. The smallest absolute Gasteiger partial charge is 0.406 e. The van der Waals surface area contributed by atoms with E-state index in [4.69, 9.17) is 5.73 Å². The Morgan fingerprint density at radius 1 is 1.19 bits per heavy atom. The van der Waals surface area contributed by atoms with Gasteiger partial charge >= 0.3 is 6.36 Å². The predicted molar refractivity (Wildman–Crippen MR) is 72.5 cm³/mol. The molecule has 118 valence electrons. The van der Waals surface area contributed by atoms with Gasteiger partial charge in [0.1, 0.15) is 5.75 Å². The minimum absolute atomic E-state index is 0.198. The zero-order valence-electron chi connectivity index (χ0n) is 12.0. The molecule has 0 aliphatic heterocycles. The van der Waals surface area contributed by atoms with Crippen molar-refractivity contribution in [2.75, 3.05) is 0 Å². The highest BCUT2D eigenvalue weighted by atomic mass is 19.4.